The van der Waals surface area contributed by atoms with Gasteiger partial charge in [0, 0.05) is 6.07 Å². The molecule has 0 aliphatic heterocycles. The molecule has 0 radical (unpaired) electrons. The van der Waals surface area contributed by atoms with Crippen molar-refractivity contribution in [1.82, 2.24) is 4.98 Å². The van der Waals surface area contributed by atoms with Crippen molar-refractivity contribution in [2.24, 2.45) is 0 Å². The number of carboxylic acids is 1. The van der Waals surface area contributed by atoms with Gasteiger partial charge in [-0.1, -0.05) is 17.7 Å². The minimum Gasteiger partial charge on any atom is -0.493 e. The third-order valence-electron chi connectivity index (χ3n) is 2.69. The van der Waals surface area contributed by atoms with Gasteiger partial charge in [-0.15, -0.1) is 0 Å². The lowest BCUT2D eigenvalue weighted by Gasteiger charge is -2.11. The summed E-state index contributed by atoms with van der Waals surface area (Å²) < 4.78 is 10.7. The number of pyridine rings is 1. The molecule has 0 saturated heterocycles. The average molecular weight is 310 g/mol. The Bertz CT molecular complexity index is 674. The maximum atomic E-state index is 11.0. The lowest BCUT2D eigenvalue weighted by atomic mass is 10.2. The molecule has 0 saturated carbocycles. The minimum atomic E-state index is -1.17. The number of aliphatic hydroxyl groups is 1. The fourth-order valence-corrected chi connectivity index (χ4v) is 1.83. The number of aromatic carboxylic acids is 1. The molecule has 1 aromatic heterocycles. The second kappa shape index (κ2) is 6.43. The van der Waals surface area contributed by atoms with E-state index in [1.807, 2.05) is 0 Å². The van der Waals surface area contributed by atoms with E-state index >= 15 is 0 Å². The van der Waals surface area contributed by atoms with Gasteiger partial charge < -0.3 is 19.7 Å². The summed E-state index contributed by atoms with van der Waals surface area (Å²) in [4.78, 5) is 14.9. The SMILES string of the molecule is COc1cc(CO)ccc1Oc1cc(C(=O)O)c(Cl)cn1. The van der Waals surface area contributed by atoms with Gasteiger partial charge in [0.2, 0.25) is 5.88 Å². The molecule has 0 spiro atoms. The standard InChI is InChI=1S/C14H12ClNO5/c1-20-12-4-8(7-17)2-3-11(12)21-13-5-9(14(18)19)10(15)6-16-13/h2-6,17H,7H2,1H3,(H,18,19). The molecule has 21 heavy (non-hydrogen) atoms. The quantitative estimate of drug-likeness (QED) is 0.882. The van der Waals surface area contributed by atoms with Crippen LogP contribution in [0.15, 0.2) is 30.5 Å². The van der Waals surface area contributed by atoms with Gasteiger partial charge in [-0.3, -0.25) is 0 Å². The van der Waals surface area contributed by atoms with Gasteiger partial charge in [0.05, 0.1) is 30.5 Å². The van der Waals surface area contributed by atoms with Gasteiger partial charge in [-0.2, -0.15) is 0 Å². The van der Waals surface area contributed by atoms with E-state index in [9.17, 15) is 4.79 Å². The van der Waals surface area contributed by atoms with Crippen molar-refractivity contribution in [3.63, 3.8) is 0 Å². The van der Waals surface area contributed by atoms with Gasteiger partial charge in [0.25, 0.3) is 0 Å². The zero-order valence-corrected chi connectivity index (χ0v) is 11.8. The highest BCUT2D eigenvalue weighted by atomic mass is 35.5. The van der Waals surface area contributed by atoms with Crippen LogP contribution in [0.4, 0.5) is 0 Å². The minimum absolute atomic E-state index is 0.0254. The van der Waals surface area contributed by atoms with E-state index in [4.69, 9.17) is 31.3 Å². The van der Waals surface area contributed by atoms with E-state index in [0.717, 1.165) is 0 Å². The summed E-state index contributed by atoms with van der Waals surface area (Å²) in [6.45, 7) is -0.126. The first-order valence-electron chi connectivity index (χ1n) is 5.89. The Balaban J connectivity index is 2.34. The number of rotatable bonds is 5. The molecule has 2 aromatic rings. The smallest absolute Gasteiger partial charge is 0.337 e. The van der Waals surface area contributed by atoms with E-state index < -0.39 is 5.97 Å². The van der Waals surface area contributed by atoms with Crippen molar-refractivity contribution in [1.29, 1.82) is 0 Å². The molecule has 1 heterocycles. The van der Waals surface area contributed by atoms with Crippen molar-refractivity contribution < 1.29 is 24.5 Å². The number of carboxylic acid groups (broad SMARTS) is 1. The van der Waals surface area contributed by atoms with Gasteiger partial charge in [-0.05, 0) is 17.7 Å². The Morgan fingerprint density at radius 2 is 2.10 bits per heavy atom. The van der Waals surface area contributed by atoms with Crippen LogP contribution in [0.3, 0.4) is 0 Å². The van der Waals surface area contributed by atoms with Crippen LogP contribution in [-0.4, -0.2) is 28.3 Å². The monoisotopic (exact) mass is 309 g/mol. The van der Waals surface area contributed by atoms with Gasteiger partial charge in [-0.25, -0.2) is 9.78 Å². The Morgan fingerprint density at radius 1 is 1.33 bits per heavy atom. The van der Waals surface area contributed by atoms with Crippen LogP contribution in [0.2, 0.25) is 5.02 Å². The van der Waals surface area contributed by atoms with Crippen LogP contribution in [0.1, 0.15) is 15.9 Å². The van der Waals surface area contributed by atoms with E-state index in [1.54, 1.807) is 18.2 Å². The molecule has 110 valence electrons. The summed E-state index contributed by atoms with van der Waals surface area (Å²) in [6.07, 6.45) is 1.20. The third-order valence-corrected chi connectivity index (χ3v) is 2.99. The number of ether oxygens (including phenoxy) is 2. The van der Waals surface area contributed by atoms with Crippen molar-refractivity contribution in [3.8, 4) is 17.4 Å². The molecule has 0 bridgehead atoms. The maximum Gasteiger partial charge on any atom is 0.337 e. The fraction of sp³-hybridized carbons (Fsp3) is 0.143. The van der Waals surface area contributed by atoms with E-state index in [2.05, 4.69) is 4.98 Å². The number of nitrogens with zero attached hydrogens (tertiary/aromatic N) is 1. The average Bonchev–Trinajstić information content (AvgIpc) is 2.49. The van der Waals surface area contributed by atoms with Crippen LogP contribution in [0.25, 0.3) is 0 Å². The number of aromatic nitrogens is 1. The predicted molar refractivity (Wildman–Crippen MR) is 75.2 cm³/mol. The fourth-order valence-electron chi connectivity index (χ4n) is 1.65. The molecular weight excluding hydrogens is 298 g/mol. The first-order chi connectivity index (χ1) is 10.0. The number of carbonyl (C=O) groups is 1. The van der Waals surface area contributed by atoms with Crippen LogP contribution in [-0.2, 0) is 6.61 Å². The molecule has 7 heteroatoms. The van der Waals surface area contributed by atoms with Crippen molar-refractivity contribution in [3.05, 3.63) is 46.6 Å². The summed E-state index contributed by atoms with van der Waals surface area (Å²) in [5.74, 6) is -0.349. The Kier molecular flexibility index (Phi) is 4.62. The molecular formula is C14H12ClNO5. The van der Waals surface area contributed by atoms with Crippen molar-refractivity contribution >= 4 is 17.6 Å². The third kappa shape index (κ3) is 3.42. The number of hydrogen-bond acceptors (Lipinski definition) is 5. The highest BCUT2D eigenvalue weighted by Crippen LogP contribution is 2.32. The summed E-state index contributed by atoms with van der Waals surface area (Å²) in [5.41, 5.74) is 0.558. The Morgan fingerprint density at radius 3 is 2.71 bits per heavy atom. The zero-order chi connectivity index (χ0) is 15.4. The number of methoxy groups -OCH3 is 1. The normalized spacial score (nSPS) is 10.2. The molecule has 2 rings (SSSR count). The van der Waals surface area contributed by atoms with Crippen molar-refractivity contribution in [2.45, 2.75) is 6.61 Å². The molecule has 0 atom stereocenters. The van der Waals surface area contributed by atoms with Crippen LogP contribution < -0.4 is 9.47 Å². The second-order valence-electron chi connectivity index (χ2n) is 4.05. The summed E-state index contributed by atoms with van der Waals surface area (Å²) in [7, 11) is 1.46. The number of hydrogen-bond donors (Lipinski definition) is 2. The summed E-state index contributed by atoms with van der Waals surface area (Å²) >= 11 is 5.74. The molecule has 0 amide bonds. The van der Waals surface area contributed by atoms with E-state index in [0.29, 0.717) is 17.1 Å². The molecule has 0 aliphatic rings. The maximum absolute atomic E-state index is 11.0. The van der Waals surface area contributed by atoms with Gasteiger partial charge >= 0.3 is 5.97 Å². The number of halogens is 1. The molecule has 2 N–H and O–H groups in total. The predicted octanol–water partition coefficient (Wildman–Crippen LogP) is 2.73. The number of aliphatic hydroxyl groups excluding tert-OH is 1. The highest BCUT2D eigenvalue weighted by Gasteiger charge is 2.13. The van der Waals surface area contributed by atoms with Crippen molar-refractivity contribution in [2.75, 3.05) is 7.11 Å². The number of benzene rings is 1. The van der Waals surface area contributed by atoms with Gasteiger partial charge in [0.15, 0.2) is 11.5 Å². The first kappa shape index (κ1) is 15.1. The second-order valence-corrected chi connectivity index (χ2v) is 4.46. The highest BCUT2D eigenvalue weighted by molar-refractivity contribution is 6.33. The first-order valence-corrected chi connectivity index (χ1v) is 6.27. The summed E-state index contributed by atoms with van der Waals surface area (Å²) in [6, 6.07) is 6.10. The van der Waals surface area contributed by atoms with Crippen LogP contribution in [0.5, 0.6) is 17.4 Å². The zero-order valence-electron chi connectivity index (χ0n) is 11.0. The lowest BCUT2D eigenvalue weighted by molar-refractivity contribution is 0.0696. The largest absolute Gasteiger partial charge is 0.493 e. The molecule has 0 aliphatic carbocycles. The van der Waals surface area contributed by atoms with Gasteiger partial charge in [0.1, 0.15) is 0 Å². The van der Waals surface area contributed by atoms with Crippen LogP contribution >= 0.6 is 11.6 Å². The molecule has 6 nitrogen and oxygen atoms in total. The topological polar surface area (TPSA) is 88.9 Å². The molecule has 1 aromatic carbocycles. The Hall–Kier alpha value is -2.31. The van der Waals surface area contributed by atoms with E-state index in [-0.39, 0.29) is 23.1 Å². The molecule has 0 unspecified atom stereocenters. The van der Waals surface area contributed by atoms with Crippen LogP contribution in [0, 0.1) is 0 Å². The Labute approximate surface area is 125 Å². The molecule has 0 fully saturated rings. The lowest BCUT2D eigenvalue weighted by Crippen LogP contribution is -2.00. The summed E-state index contributed by atoms with van der Waals surface area (Å²) in [5, 5.41) is 18.1. The van der Waals surface area contributed by atoms with E-state index in [1.165, 1.54) is 19.4 Å².